The van der Waals surface area contributed by atoms with Crippen molar-refractivity contribution in [1.82, 2.24) is 9.08 Å². The number of aromatic nitrogens is 2. The number of halogens is 1. The molecular formula is C18H19FN4O2S. The summed E-state index contributed by atoms with van der Waals surface area (Å²) in [7, 11) is 0. The summed E-state index contributed by atoms with van der Waals surface area (Å²) in [6, 6.07) is 1.92. The number of rotatable bonds is 4. The van der Waals surface area contributed by atoms with E-state index in [9.17, 15) is 14.0 Å². The largest absolute Gasteiger partial charge is 0.354 e. The quantitative estimate of drug-likeness (QED) is 0.680. The van der Waals surface area contributed by atoms with Crippen LogP contribution < -0.4 is 22.8 Å². The van der Waals surface area contributed by atoms with Crippen LogP contribution in [0.5, 0.6) is 0 Å². The van der Waals surface area contributed by atoms with Crippen LogP contribution in [-0.2, 0) is 6.42 Å². The molecule has 0 spiro atoms. The molecule has 8 heteroatoms. The summed E-state index contributed by atoms with van der Waals surface area (Å²) in [4.78, 5) is 25.7. The Hall–Kier alpha value is -2.45. The molecule has 4 N–H and O–H groups in total. The third-order valence-electron chi connectivity index (χ3n) is 4.89. The third-order valence-corrected chi connectivity index (χ3v) is 5.88. The van der Waals surface area contributed by atoms with E-state index in [1.165, 1.54) is 11.3 Å². The first-order valence-corrected chi connectivity index (χ1v) is 9.35. The van der Waals surface area contributed by atoms with Gasteiger partial charge in [-0.25, -0.2) is 9.18 Å². The summed E-state index contributed by atoms with van der Waals surface area (Å²) in [5.74, 6) is 5.19. The van der Waals surface area contributed by atoms with Crippen LogP contribution in [0.2, 0.25) is 0 Å². The molecule has 1 aliphatic rings. The Kier molecular flexibility index (Phi) is 3.96. The van der Waals surface area contributed by atoms with Gasteiger partial charge in [0.05, 0.1) is 11.7 Å². The molecule has 136 valence electrons. The van der Waals surface area contributed by atoms with Crippen molar-refractivity contribution in [1.29, 1.82) is 0 Å². The van der Waals surface area contributed by atoms with E-state index in [-0.39, 0.29) is 5.92 Å². The highest BCUT2D eigenvalue weighted by molar-refractivity contribution is 7.13. The number of hydrogen-bond donors (Lipinski definition) is 2. The van der Waals surface area contributed by atoms with E-state index in [4.69, 9.17) is 11.6 Å². The number of fused-ring (bicyclic) bond motifs is 1. The lowest BCUT2D eigenvalue weighted by Crippen LogP contribution is -2.44. The molecule has 0 aliphatic heterocycles. The summed E-state index contributed by atoms with van der Waals surface area (Å²) < 4.78 is 16.7. The number of aryl methyl sites for hydroxylation is 1. The van der Waals surface area contributed by atoms with Crippen molar-refractivity contribution < 1.29 is 4.39 Å². The van der Waals surface area contributed by atoms with Crippen molar-refractivity contribution in [2.75, 3.05) is 12.4 Å². The molecule has 0 aromatic carbocycles. The van der Waals surface area contributed by atoms with Gasteiger partial charge in [0.15, 0.2) is 0 Å². The average molecular weight is 374 g/mol. The van der Waals surface area contributed by atoms with Gasteiger partial charge in [-0.2, -0.15) is 4.68 Å². The van der Waals surface area contributed by atoms with Gasteiger partial charge in [-0.15, -0.1) is 11.3 Å². The normalized spacial score (nSPS) is 14.3. The Balaban J connectivity index is 2.07. The highest BCUT2D eigenvalue weighted by Crippen LogP contribution is 2.42. The first-order chi connectivity index (χ1) is 12.4. The van der Waals surface area contributed by atoms with Gasteiger partial charge in [0.1, 0.15) is 5.82 Å². The van der Waals surface area contributed by atoms with Crippen LogP contribution in [0.4, 0.5) is 4.39 Å². The molecule has 26 heavy (non-hydrogen) atoms. The summed E-state index contributed by atoms with van der Waals surface area (Å²) in [6.07, 6.45) is 3.59. The molecule has 3 aromatic rings. The van der Waals surface area contributed by atoms with Crippen molar-refractivity contribution in [3.05, 3.63) is 61.0 Å². The monoisotopic (exact) mass is 374 g/mol. The van der Waals surface area contributed by atoms with E-state index in [1.807, 2.05) is 11.4 Å². The number of thiophene rings is 1. The minimum Gasteiger partial charge on any atom is -0.332 e. The second-order valence-electron chi connectivity index (χ2n) is 6.70. The lowest BCUT2D eigenvalue weighted by atomic mass is 10.0. The maximum Gasteiger partial charge on any atom is 0.354 e. The highest BCUT2D eigenvalue weighted by atomic mass is 32.1. The average Bonchev–Trinajstić information content (AvgIpc) is 3.34. The van der Waals surface area contributed by atoms with Crippen molar-refractivity contribution in [3.8, 4) is 10.4 Å². The molecule has 0 bridgehead atoms. The summed E-state index contributed by atoms with van der Waals surface area (Å²) >= 11 is 1.43. The van der Waals surface area contributed by atoms with Gasteiger partial charge in [-0.1, -0.05) is 0 Å². The number of nitrogens with zero attached hydrogens (tertiary/aromatic N) is 2. The van der Waals surface area contributed by atoms with Gasteiger partial charge >= 0.3 is 5.69 Å². The fraction of sp³-hybridized carbons (Fsp3) is 0.333. The molecule has 1 saturated carbocycles. The third kappa shape index (κ3) is 2.48. The van der Waals surface area contributed by atoms with Gasteiger partial charge < -0.3 is 11.6 Å². The molecular weight excluding hydrogens is 355 g/mol. The molecule has 4 rings (SSSR count). The van der Waals surface area contributed by atoms with E-state index in [0.717, 1.165) is 40.3 Å². The van der Waals surface area contributed by atoms with Crippen LogP contribution >= 0.6 is 11.3 Å². The number of nitrogens with two attached hydrogens (primary N) is 2. The minimum atomic E-state index is -0.738. The Morgan fingerprint density at radius 2 is 2.08 bits per heavy atom. The zero-order chi connectivity index (χ0) is 18.6. The molecule has 0 unspecified atom stereocenters. The predicted molar refractivity (Wildman–Crippen MR) is 101 cm³/mol. The Bertz CT molecular complexity index is 1140. The fourth-order valence-corrected chi connectivity index (χ4v) is 4.54. The smallest absolute Gasteiger partial charge is 0.332 e. The van der Waals surface area contributed by atoms with Gasteiger partial charge in [0.2, 0.25) is 0 Å². The molecule has 1 fully saturated rings. The molecule has 0 radical (unpaired) electrons. The zero-order valence-electron chi connectivity index (χ0n) is 14.3. The summed E-state index contributed by atoms with van der Waals surface area (Å²) in [6.45, 7) is 2.27. The first-order valence-electron chi connectivity index (χ1n) is 8.47. The lowest BCUT2D eigenvalue weighted by Gasteiger charge is -2.15. The van der Waals surface area contributed by atoms with Crippen LogP contribution in [0.15, 0.2) is 27.2 Å². The van der Waals surface area contributed by atoms with E-state index in [0.29, 0.717) is 33.4 Å². The topological polar surface area (TPSA) is 95.5 Å². The summed E-state index contributed by atoms with van der Waals surface area (Å²) in [5.41, 5.74) is 7.40. The first kappa shape index (κ1) is 17.0. The Labute approximate surface area is 152 Å². The second-order valence-corrected chi connectivity index (χ2v) is 7.61. The molecule has 1 aliphatic carbocycles. The van der Waals surface area contributed by atoms with Crippen LogP contribution in [0.25, 0.3) is 16.0 Å². The maximum absolute atomic E-state index is 14.9. The fourth-order valence-electron chi connectivity index (χ4n) is 3.48. The minimum absolute atomic E-state index is 0.0704. The summed E-state index contributed by atoms with van der Waals surface area (Å²) in [5, 5.41) is 1.96. The lowest BCUT2D eigenvalue weighted by molar-refractivity contribution is 0.616. The SMILES string of the molecule is Cc1c(-c2cc(CCN)cs2)c(F)cn2c(=O)n(N)c(=O)c(C3CC3)c12. The van der Waals surface area contributed by atoms with Crippen molar-refractivity contribution in [3.63, 3.8) is 0 Å². The second kappa shape index (κ2) is 6.07. The van der Waals surface area contributed by atoms with Crippen LogP contribution in [0.1, 0.15) is 35.4 Å². The van der Waals surface area contributed by atoms with E-state index in [1.54, 1.807) is 6.92 Å². The van der Waals surface area contributed by atoms with Crippen LogP contribution in [0.3, 0.4) is 0 Å². The standard InChI is InChI=1S/C18H19FN4O2S/c1-9-14(13-6-10(4-5-20)8-26-13)12(19)7-22-16(9)15(11-2-3-11)17(24)23(21)18(22)25/h6-8,11H,2-5,20-21H2,1H3. The van der Waals surface area contributed by atoms with E-state index < -0.39 is 17.1 Å². The molecule has 3 aromatic heterocycles. The molecule has 0 saturated heterocycles. The van der Waals surface area contributed by atoms with E-state index in [2.05, 4.69) is 0 Å². The molecule has 3 heterocycles. The molecule has 6 nitrogen and oxygen atoms in total. The molecule has 0 atom stereocenters. The van der Waals surface area contributed by atoms with E-state index >= 15 is 0 Å². The van der Waals surface area contributed by atoms with Gasteiger partial charge in [-0.3, -0.25) is 9.20 Å². The highest BCUT2D eigenvalue weighted by Gasteiger charge is 2.32. The maximum atomic E-state index is 14.9. The van der Waals surface area contributed by atoms with Gasteiger partial charge in [0.25, 0.3) is 5.56 Å². The van der Waals surface area contributed by atoms with Crippen LogP contribution in [0, 0.1) is 12.7 Å². The van der Waals surface area contributed by atoms with Crippen molar-refractivity contribution >= 4 is 16.9 Å². The number of pyridine rings is 1. The zero-order valence-corrected chi connectivity index (χ0v) is 15.1. The molecule has 0 amide bonds. The Morgan fingerprint density at radius 3 is 2.73 bits per heavy atom. The predicted octanol–water partition coefficient (Wildman–Crippen LogP) is 1.73. The van der Waals surface area contributed by atoms with Crippen molar-refractivity contribution in [2.45, 2.75) is 32.1 Å². The van der Waals surface area contributed by atoms with Crippen LogP contribution in [-0.4, -0.2) is 15.6 Å². The van der Waals surface area contributed by atoms with Gasteiger partial charge in [0, 0.05) is 16.0 Å². The van der Waals surface area contributed by atoms with Gasteiger partial charge in [-0.05, 0) is 61.2 Å². The van der Waals surface area contributed by atoms with Crippen molar-refractivity contribution in [2.24, 2.45) is 5.73 Å². The number of nitrogen functional groups attached to an aromatic ring is 1. The number of hydrogen-bond acceptors (Lipinski definition) is 5. The Morgan fingerprint density at radius 1 is 1.35 bits per heavy atom.